The average molecular weight is 360 g/mol. The van der Waals surface area contributed by atoms with Gasteiger partial charge in [0.1, 0.15) is 0 Å². The molecule has 2 aliphatic rings. The van der Waals surface area contributed by atoms with E-state index in [0.29, 0.717) is 5.69 Å². The molecule has 0 aliphatic carbocycles. The van der Waals surface area contributed by atoms with E-state index >= 15 is 0 Å². The van der Waals surface area contributed by atoms with Crippen molar-refractivity contribution in [1.82, 2.24) is 5.32 Å². The first-order chi connectivity index (χ1) is 12.0. The van der Waals surface area contributed by atoms with Crippen molar-refractivity contribution in [3.63, 3.8) is 0 Å². The molecule has 2 heterocycles. The van der Waals surface area contributed by atoms with Crippen molar-refractivity contribution >= 4 is 15.7 Å². The average Bonchev–Trinajstić information content (AvgIpc) is 3.01. The molecule has 0 bridgehead atoms. The van der Waals surface area contributed by atoms with Gasteiger partial charge in [-0.05, 0) is 60.3 Å². The highest BCUT2D eigenvalue weighted by atomic mass is 32.2. The third-order valence-corrected chi connectivity index (χ3v) is 5.10. The highest BCUT2D eigenvalue weighted by Gasteiger charge is 2.25. The van der Waals surface area contributed by atoms with E-state index in [-0.39, 0.29) is 12.8 Å². The summed E-state index contributed by atoms with van der Waals surface area (Å²) < 4.78 is 36.0. The van der Waals surface area contributed by atoms with Crippen molar-refractivity contribution in [2.24, 2.45) is 0 Å². The predicted molar refractivity (Wildman–Crippen MR) is 95.6 cm³/mol. The smallest absolute Gasteiger partial charge is 0.231 e. The van der Waals surface area contributed by atoms with Crippen molar-refractivity contribution in [2.75, 3.05) is 24.3 Å². The molecule has 7 heteroatoms. The number of rotatable bonds is 4. The Morgan fingerprint density at radius 2 is 1.88 bits per heavy atom. The molecule has 2 aliphatic heterocycles. The molecule has 1 unspecified atom stereocenters. The fourth-order valence-corrected chi connectivity index (χ4v) is 3.94. The Kier molecular flexibility index (Phi) is 4.05. The first kappa shape index (κ1) is 16.2. The summed E-state index contributed by atoms with van der Waals surface area (Å²) in [6.45, 7) is 1.20. The van der Waals surface area contributed by atoms with Gasteiger partial charge in [0, 0.05) is 11.7 Å². The van der Waals surface area contributed by atoms with Gasteiger partial charge in [-0.15, -0.1) is 0 Å². The van der Waals surface area contributed by atoms with Gasteiger partial charge in [-0.3, -0.25) is 4.72 Å². The standard InChI is InChI=1S/C18H20N2O4S/c1-25(21,22)20-14-4-2-12(3-5-14)8-16-15-10-18-17(23-11-24-18)9-13(15)6-7-19-16/h2-5,9-10,16,19-20H,6-8,11H2,1H3. The molecule has 132 valence electrons. The number of fused-ring (bicyclic) bond motifs is 2. The van der Waals surface area contributed by atoms with Gasteiger partial charge in [-0.2, -0.15) is 0 Å². The van der Waals surface area contributed by atoms with Crippen LogP contribution in [0, 0.1) is 0 Å². The molecule has 25 heavy (non-hydrogen) atoms. The summed E-state index contributed by atoms with van der Waals surface area (Å²) in [4.78, 5) is 0. The molecule has 2 N–H and O–H groups in total. The molecular formula is C18H20N2O4S. The van der Waals surface area contributed by atoms with Crippen LogP contribution in [0.25, 0.3) is 0 Å². The summed E-state index contributed by atoms with van der Waals surface area (Å²) >= 11 is 0. The van der Waals surface area contributed by atoms with E-state index in [4.69, 9.17) is 9.47 Å². The van der Waals surface area contributed by atoms with Gasteiger partial charge in [-0.25, -0.2) is 8.42 Å². The van der Waals surface area contributed by atoms with Crippen LogP contribution in [-0.2, 0) is 22.9 Å². The first-order valence-corrected chi connectivity index (χ1v) is 10.1. The zero-order valence-corrected chi connectivity index (χ0v) is 14.7. The van der Waals surface area contributed by atoms with E-state index in [1.54, 1.807) is 12.1 Å². The van der Waals surface area contributed by atoms with Crippen molar-refractivity contribution in [3.05, 3.63) is 53.1 Å². The van der Waals surface area contributed by atoms with Gasteiger partial charge in [0.15, 0.2) is 11.5 Å². The molecule has 2 aromatic carbocycles. The number of anilines is 1. The Morgan fingerprint density at radius 1 is 1.16 bits per heavy atom. The van der Waals surface area contributed by atoms with Gasteiger partial charge in [0.25, 0.3) is 0 Å². The van der Waals surface area contributed by atoms with E-state index in [0.717, 1.165) is 42.7 Å². The molecule has 1 atom stereocenters. The second kappa shape index (κ2) is 6.24. The number of hydrogen-bond donors (Lipinski definition) is 2. The van der Waals surface area contributed by atoms with Crippen LogP contribution >= 0.6 is 0 Å². The first-order valence-electron chi connectivity index (χ1n) is 8.20. The zero-order valence-electron chi connectivity index (χ0n) is 13.9. The number of benzene rings is 2. The molecule has 0 amide bonds. The molecule has 0 radical (unpaired) electrons. The summed E-state index contributed by atoms with van der Waals surface area (Å²) in [5.41, 5.74) is 4.26. The van der Waals surface area contributed by atoms with E-state index in [9.17, 15) is 8.42 Å². The maximum absolute atomic E-state index is 11.3. The highest BCUT2D eigenvalue weighted by Crippen LogP contribution is 2.39. The van der Waals surface area contributed by atoms with E-state index in [1.165, 1.54) is 11.1 Å². The van der Waals surface area contributed by atoms with Crippen LogP contribution in [-0.4, -0.2) is 28.0 Å². The number of ether oxygens (including phenoxy) is 2. The topological polar surface area (TPSA) is 76.7 Å². The van der Waals surface area contributed by atoms with Crippen molar-refractivity contribution < 1.29 is 17.9 Å². The van der Waals surface area contributed by atoms with Crippen LogP contribution in [0.1, 0.15) is 22.7 Å². The molecule has 0 spiro atoms. The fourth-order valence-electron chi connectivity index (χ4n) is 3.37. The van der Waals surface area contributed by atoms with Crippen LogP contribution in [0.5, 0.6) is 11.5 Å². The van der Waals surface area contributed by atoms with E-state index in [2.05, 4.69) is 22.2 Å². The maximum Gasteiger partial charge on any atom is 0.231 e. The van der Waals surface area contributed by atoms with Gasteiger partial charge in [0.05, 0.1) is 6.26 Å². The summed E-state index contributed by atoms with van der Waals surface area (Å²) in [5, 5.41) is 3.56. The Hall–Kier alpha value is -2.25. The fraction of sp³-hybridized carbons (Fsp3) is 0.333. The van der Waals surface area contributed by atoms with Gasteiger partial charge < -0.3 is 14.8 Å². The minimum Gasteiger partial charge on any atom is -0.454 e. The van der Waals surface area contributed by atoms with Crippen LogP contribution < -0.4 is 19.5 Å². The number of sulfonamides is 1. The highest BCUT2D eigenvalue weighted by molar-refractivity contribution is 7.92. The summed E-state index contributed by atoms with van der Waals surface area (Å²) in [6.07, 6.45) is 2.94. The molecule has 0 saturated heterocycles. The predicted octanol–water partition coefficient (Wildman–Crippen LogP) is 2.22. The third-order valence-electron chi connectivity index (χ3n) is 4.49. The molecule has 0 aromatic heterocycles. The van der Waals surface area contributed by atoms with E-state index in [1.807, 2.05) is 12.1 Å². The summed E-state index contributed by atoms with van der Waals surface area (Å²) in [7, 11) is -3.25. The van der Waals surface area contributed by atoms with Crippen molar-refractivity contribution in [2.45, 2.75) is 18.9 Å². The SMILES string of the molecule is CS(=O)(=O)Nc1ccc(CC2NCCc3cc4c(cc32)OCO4)cc1. The third kappa shape index (κ3) is 3.57. The van der Waals surface area contributed by atoms with Gasteiger partial charge >= 0.3 is 0 Å². The normalized spacial score (nSPS) is 18.7. The van der Waals surface area contributed by atoms with E-state index < -0.39 is 10.0 Å². The summed E-state index contributed by atoms with van der Waals surface area (Å²) in [6, 6.07) is 11.9. The minimum absolute atomic E-state index is 0.201. The second-order valence-corrected chi connectivity index (χ2v) is 8.18. The van der Waals surface area contributed by atoms with Crippen LogP contribution in [0.4, 0.5) is 5.69 Å². The largest absolute Gasteiger partial charge is 0.454 e. The van der Waals surface area contributed by atoms with Crippen LogP contribution in [0.3, 0.4) is 0 Å². The lowest BCUT2D eigenvalue weighted by Crippen LogP contribution is -2.31. The quantitative estimate of drug-likeness (QED) is 0.874. The van der Waals surface area contributed by atoms with Crippen LogP contribution in [0.15, 0.2) is 36.4 Å². The molecular weight excluding hydrogens is 340 g/mol. The van der Waals surface area contributed by atoms with Crippen LogP contribution in [0.2, 0.25) is 0 Å². The Labute approximate surface area is 147 Å². The van der Waals surface area contributed by atoms with Gasteiger partial charge in [0.2, 0.25) is 16.8 Å². The lowest BCUT2D eigenvalue weighted by atomic mass is 9.90. The number of hydrogen-bond acceptors (Lipinski definition) is 5. The molecule has 2 aromatic rings. The molecule has 0 fully saturated rings. The second-order valence-electron chi connectivity index (χ2n) is 6.44. The lowest BCUT2D eigenvalue weighted by molar-refractivity contribution is 0.174. The molecule has 6 nitrogen and oxygen atoms in total. The Morgan fingerprint density at radius 3 is 2.60 bits per heavy atom. The van der Waals surface area contributed by atoms with Crippen molar-refractivity contribution in [3.8, 4) is 11.5 Å². The molecule has 0 saturated carbocycles. The van der Waals surface area contributed by atoms with Gasteiger partial charge in [-0.1, -0.05) is 12.1 Å². The Bertz CT molecular complexity index is 894. The lowest BCUT2D eigenvalue weighted by Gasteiger charge is -2.27. The zero-order chi connectivity index (χ0) is 17.4. The summed E-state index contributed by atoms with van der Waals surface area (Å²) in [5.74, 6) is 1.63. The Balaban J connectivity index is 1.54. The monoisotopic (exact) mass is 360 g/mol. The molecule has 4 rings (SSSR count). The maximum atomic E-state index is 11.3. The minimum atomic E-state index is -3.25. The number of nitrogens with one attached hydrogen (secondary N) is 2. The van der Waals surface area contributed by atoms with Crippen molar-refractivity contribution in [1.29, 1.82) is 0 Å².